The summed E-state index contributed by atoms with van der Waals surface area (Å²) >= 11 is 3.37. The van der Waals surface area contributed by atoms with Gasteiger partial charge in [-0.05, 0) is 36.4 Å². The van der Waals surface area contributed by atoms with Crippen LogP contribution in [-0.4, -0.2) is 36.3 Å². The number of halogens is 1. The van der Waals surface area contributed by atoms with Crippen molar-refractivity contribution in [3.63, 3.8) is 0 Å². The molecule has 0 atom stereocenters. The van der Waals surface area contributed by atoms with Crippen LogP contribution in [-0.2, 0) is 18.9 Å². The van der Waals surface area contributed by atoms with E-state index in [1.807, 2.05) is 48.5 Å². The lowest BCUT2D eigenvalue weighted by Gasteiger charge is -2.11. The first kappa shape index (κ1) is 31.5. The molecule has 3 N–H and O–H groups in total. The van der Waals surface area contributed by atoms with Gasteiger partial charge in [-0.15, -0.1) is 0 Å². The molecule has 43 heavy (non-hydrogen) atoms. The van der Waals surface area contributed by atoms with Gasteiger partial charge in [-0.25, -0.2) is 0 Å². The molecule has 2 fully saturated rings. The average molecular weight is 653 g/mol. The first-order valence-corrected chi connectivity index (χ1v) is 13.9. The maximum Gasteiger partial charge on any atom is 0.271 e. The molecular weight excluding hydrogens is 624 g/mol. The van der Waals surface area contributed by atoms with Crippen LogP contribution < -0.4 is 11.1 Å². The van der Waals surface area contributed by atoms with E-state index in [4.69, 9.17) is 24.7 Å². The van der Waals surface area contributed by atoms with Crippen molar-refractivity contribution in [3.8, 4) is 0 Å². The standard InChI is InChI=1S/C15H14N2O4.C9H9BrO2.C6H6N2O2/c18-17(19)14-3-1-2-13(10-14)16-12-6-4-11(5-7-12)15-20-8-9-21-15;10-8-3-1-7(2-4-8)9-11-5-6-12-9;7-5-2-1-3-6(4-5)8(9)10/h1-7,10,15-16H,8-9H2;1-4,9H,5-6H2;1-4H,7H2. The molecule has 0 aromatic heterocycles. The maximum atomic E-state index is 10.7. The third-order valence-corrected chi connectivity index (χ3v) is 6.52. The molecular formula is C30H29BrN4O8. The van der Waals surface area contributed by atoms with E-state index in [9.17, 15) is 20.2 Å². The molecule has 0 saturated carbocycles. The second-order valence-electron chi connectivity index (χ2n) is 9.11. The number of benzene rings is 4. The van der Waals surface area contributed by atoms with E-state index in [1.165, 1.54) is 24.3 Å². The van der Waals surface area contributed by atoms with Gasteiger partial charge in [0.05, 0.1) is 36.3 Å². The number of ether oxygens (including phenoxy) is 4. The number of rotatable bonds is 6. The molecule has 0 bridgehead atoms. The Hall–Kier alpha value is -4.40. The molecule has 12 nitrogen and oxygen atoms in total. The van der Waals surface area contributed by atoms with Gasteiger partial charge in [0.25, 0.3) is 11.4 Å². The van der Waals surface area contributed by atoms with E-state index < -0.39 is 9.85 Å². The Bertz CT molecular complexity index is 1490. The molecule has 0 radical (unpaired) electrons. The largest absolute Gasteiger partial charge is 0.399 e. The van der Waals surface area contributed by atoms with Crippen molar-refractivity contribution in [2.24, 2.45) is 0 Å². The van der Waals surface area contributed by atoms with Crippen molar-refractivity contribution in [1.29, 1.82) is 0 Å². The number of hydrogen-bond acceptors (Lipinski definition) is 10. The van der Waals surface area contributed by atoms with Gasteiger partial charge in [0.1, 0.15) is 0 Å². The van der Waals surface area contributed by atoms with Crippen LogP contribution in [0.5, 0.6) is 0 Å². The molecule has 0 amide bonds. The SMILES string of the molecule is Brc1ccc(C2OCCO2)cc1.Nc1cccc([N+](=O)[O-])c1.O=[N+]([O-])c1cccc(Nc2ccc(C3OCCO3)cc2)c1. The van der Waals surface area contributed by atoms with E-state index in [0.717, 1.165) is 21.3 Å². The van der Waals surface area contributed by atoms with Gasteiger partial charge in [-0.1, -0.05) is 52.3 Å². The van der Waals surface area contributed by atoms with Crippen molar-refractivity contribution in [3.05, 3.63) is 133 Å². The van der Waals surface area contributed by atoms with Gasteiger partial charge in [-0.3, -0.25) is 20.2 Å². The first-order chi connectivity index (χ1) is 20.8. The summed E-state index contributed by atoms with van der Waals surface area (Å²) in [5, 5.41) is 24.0. The molecule has 2 heterocycles. The number of nitrogens with one attached hydrogen (secondary N) is 1. The van der Waals surface area contributed by atoms with E-state index in [2.05, 4.69) is 21.2 Å². The minimum absolute atomic E-state index is 0.0278. The normalized spacial score (nSPS) is 14.6. The molecule has 2 aliphatic heterocycles. The maximum absolute atomic E-state index is 10.7. The fraction of sp³-hybridized carbons (Fsp3) is 0.200. The second-order valence-corrected chi connectivity index (χ2v) is 10.0. The Labute approximate surface area is 255 Å². The van der Waals surface area contributed by atoms with Crippen LogP contribution in [0.2, 0.25) is 0 Å². The highest BCUT2D eigenvalue weighted by Crippen LogP contribution is 2.27. The fourth-order valence-electron chi connectivity index (χ4n) is 3.95. The Balaban J connectivity index is 0.000000163. The van der Waals surface area contributed by atoms with E-state index in [0.29, 0.717) is 37.8 Å². The predicted octanol–water partition coefficient (Wildman–Crippen LogP) is 7.06. The summed E-state index contributed by atoms with van der Waals surface area (Å²) in [7, 11) is 0. The Morgan fingerprint density at radius 1 is 0.651 bits per heavy atom. The van der Waals surface area contributed by atoms with Gasteiger partial charge >= 0.3 is 0 Å². The Morgan fingerprint density at radius 2 is 1.12 bits per heavy atom. The van der Waals surface area contributed by atoms with Gasteiger partial charge in [0.2, 0.25) is 0 Å². The topological polar surface area (TPSA) is 161 Å². The zero-order chi connectivity index (χ0) is 30.6. The third kappa shape index (κ3) is 9.84. The van der Waals surface area contributed by atoms with Crippen LogP contribution >= 0.6 is 15.9 Å². The predicted molar refractivity (Wildman–Crippen MR) is 164 cm³/mol. The number of nitrogens with two attached hydrogens (primary N) is 1. The second kappa shape index (κ2) is 15.7. The third-order valence-electron chi connectivity index (χ3n) is 6.00. The van der Waals surface area contributed by atoms with Crippen molar-refractivity contribution in [1.82, 2.24) is 0 Å². The summed E-state index contributed by atoms with van der Waals surface area (Å²) < 4.78 is 22.6. The molecule has 13 heteroatoms. The highest BCUT2D eigenvalue weighted by Gasteiger charge is 2.18. The van der Waals surface area contributed by atoms with Crippen LogP contribution in [0, 0.1) is 20.2 Å². The van der Waals surface area contributed by atoms with E-state index in [-0.39, 0.29) is 24.0 Å². The van der Waals surface area contributed by atoms with Crippen molar-refractivity contribution in [2.75, 3.05) is 37.5 Å². The number of nitrogens with zero attached hydrogens (tertiary/aromatic N) is 2. The summed E-state index contributed by atoms with van der Waals surface area (Å²) in [5.41, 5.74) is 9.34. The molecule has 0 spiro atoms. The summed E-state index contributed by atoms with van der Waals surface area (Å²) in [6, 6.07) is 27.8. The van der Waals surface area contributed by atoms with Crippen molar-refractivity contribution < 1.29 is 28.8 Å². The van der Waals surface area contributed by atoms with Crippen LogP contribution in [0.25, 0.3) is 0 Å². The van der Waals surface area contributed by atoms with Crippen LogP contribution in [0.3, 0.4) is 0 Å². The number of non-ortho nitro benzene ring substituents is 2. The summed E-state index contributed by atoms with van der Waals surface area (Å²) in [4.78, 5) is 20.0. The summed E-state index contributed by atoms with van der Waals surface area (Å²) in [6.07, 6.45) is -0.449. The van der Waals surface area contributed by atoms with Gasteiger partial charge < -0.3 is 30.0 Å². The number of anilines is 3. The van der Waals surface area contributed by atoms with Crippen molar-refractivity contribution in [2.45, 2.75) is 12.6 Å². The average Bonchev–Trinajstić information content (AvgIpc) is 3.75. The minimum Gasteiger partial charge on any atom is -0.399 e. The zero-order valence-corrected chi connectivity index (χ0v) is 24.4. The zero-order valence-electron chi connectivity index (χ0n) is 22.8. The Morgan fingerprint density at radius 3 is 1.58 bits per heavy atom. The molecule has 2 saturated heterocycles. The van der Waals surface area contributed by atoms with Gasteiger partial charge in [0, 0.05) is 56.9 Å². The van der Waals surface area contributed by atoms with Gasteiger partial charge in [-0.2, -0.15) is 0 Å². The van der Waals surface area contributed by atoms with Crippen molar-refractivity contribution >= 4 is 44.4 Å². The number of nitro benzene ring substituents is 2. The van der Waals surface area contributed by atoms with E-state index in [1.54, 1.807) is 24.3 Å². The molecule has 2 aliphatic rings. The minimum atomic E-state index is -0.476. The van der Waals surface area contributed by atoms with E-state index >= 15 is 0 Å². The monoisotopic (exact) mass is 652 g/mol. The lowest BCUT2D eigenvalue weighted by atomic mass is 10.2. The first-order valence-electron chi connectivity index (χ1n) is 13.1. The van der Waals surface area contributed by atoms with Crippen LogP contribution in [0.1, 0.15) is 23.7 Å². The lowest BCUT2D eigenvalue weighted by Crippen LogP contribution is -1.98. The van der Waals surface area contributed by atoms with Crippen LogP contribution in [0.15, 0.2) is 102 Å². The molecule has 6 rings (SSSR count). The number of nitrogen functional groups attached to an aromatic ring is 1. The molecule has 4 aromatic rings. The Kier molecular flexibility index (Phi) is 11.5. The van der Waals surface area contributed by atoms with Gasteiger partial charge in [0.15, 0.2) is 12.6 Å². The fourth-order valence-corrected chi connectivity index (χ4v) is 4.21. The number of hydrogen-bond donors (Lipinski definition) is 2. The summed E-state index contributed by atoms with van der Waals surface area (Å²) in [6.45, 7) is 2.61. The molecule has 4 aromatic carbocycles. The lowest BCUT2D eigenvalue weighted by molar-refractivity contribution is -0.385. The summed E-state index contributed by atoms with van der Waals surface area (Å²) in [5.74, 6) is 0. The highest BCUT2D eigenvalue weighted by atomic mass is 79.9. The highest BCUT2D eigenvalue weighted by molar-refractivity contribution is 9.10. The van der Waals surface area contributed by atoms with Crippen LogP contribution in [0.4, 0.5) is 28.4 Å². The number of nitro groups is 2. The molecule has 0 aliphatic carbocycles. The quantitative estimate of drug-likeness (QED) is 0.125. The smallest absolute Gasteiger partial charge is 0.271 e. The molecule has 224 valence electrons. The molecule has 0 unspecified atom stereocenters.